The van der Waals surface area contributed by atoms with Crippen molar-refractivity contribution in [3.63, 3.8) is 0 Å². The molecule has 1 fully saturated rings. The SMILES string of the molecule is CC(=O)c1cnn2cc(N3CCC(F)(F)C3)ccc12. The first-order valence-electron chi connectivity index (χ1n) is 6.07. The van der Waals surface area contributed by atoms with Crippen LogP contribution in [0, 0.1) is 0 Å². The van der Waals surface area contributed by atoms with E-state index in [1.165, 1.54) is 13.1 Å². The Labute approximate surface area is 108 Å². The lowest BCUT2D eigenvalue weighted by Gasteiger charge is -2.18. The van der Waals surface area contributed by atoms with E-state index in [9.17, 15) is 13.6 Å². The van der Waals surface area contributed by atoms with E-state index >= 15 is 0 Å². The lowest BCUT2D eigenvalue weighted by molar-refractivity contribution is 0.0257. The van der Waals surface area contributed by atoms with E-state index in [1.54, 1.807) is 27.7 Å². The van der Waals surface area contributed by atoms with E-state index in [2.05, 4.69) is 5.10 Å². The van der Waals surface area contributed by atoms with Gasteiger partial charge in [0.1, 0.15) is 0 Å². The van der Waals surface area contributed by atoms with Crippen molar-refractivity contribution in [2.45, 2.75) is 19.3 Å². The fraction of sp³-hybridized carbons (Fsp3) is 0.385. The molecule has 1 aliphatic rings. The third-order valence-electron chi connectivity index (χ3n) is 3.41. The van der Waals surface area contributed by atoms with Gasteiger partial charge in [-0.2, -0.15) is 5.10 Å². The maximum absolute atomic E-state index is 13.2. The van der Waals surface area contributed by atoms with Gasteiger partial charge in [-0.3, -0.25) is 4.79 Å². The van der Waals surface area contributed by atoms with Gasteiger partial charge in [0.05, 0.1) is 35.7 Å². The quantitative estimate of drug-likeness (QED) is 0.782. The van der Waals surface area contributed by atoms with E-state index in [0.29, 0.717) is 23.3 Å². The molecule has 0 amide bonds. The largest absolute Gasteiger partial charge is 0.364 e. The van der Waals surface area contributed by atoms with Crippen LogP contribution < -0.4 is 4.90 Å². The summed E-state index contributed by atoms with van der Waals surface area (Å²) in [4.78, 5) is 13.0. The summed E-state index contributed by atoms with van der Waals surface area (Å²) in [6.45, 7) is 1.55. The number of anilines is 1. The van der Waals surface area contributed by atoms with Crippen LogP contribution in [0.2, 0.25) is 0 Å². The molecule has 0 bridgehead atoms. The molecule has 1 saturated heterocycles. The third-order valence-corrected chi connectivity index (χ3v) is 3.41. The zero-order valence-electron chi connectivity index (χ0n) is 10.4. The number of carbonyl (C=O) groups excluding carboxylic acids is 1. The average molecular weight is 265 g/mol. The lowest BCUT2D eigenvalue weighted by atomic mass is 10.2. The number of Topliss-reactive ketones (excluding diaryl/α,β-unsaturated/α-hetero) is 1. The predicted molar refractivity (Wildman–Crippen MR) is 67.0 cm³/mol. The number of fused-ring (bicyclic) bond motifs is 1. The normalized spacial score (nSPS) is 18.2. The van der Waals surface area contributed by atoms with Gasteiger partial charge in [0.15, 0.2) is 5.78 Å². The number of hydrogen-bond donors (Lipinski definition) is 0. The fourth-order valence-electron chi connectivity index (χ4n) is 2.39. The van der Waals surface area contributed by atoms with E-state index < -0.39 is 5.92 Å². The second kappa shape index (κ2) is 4.01. The summed E-state index contributed by atoms with van der Waals surface area (Å²) in [6.07, 6.45) is 3.06. The number of nitrogens with zero attached hydrogens (tertiary/aromatic N) is 3. The molecule has 0 unspecified atom stereocenters. The molecule has 0 radical (unpaired) electrons. The van der Waals surface area contributed by atoms with Gasteiger partial charge in [-0.15, -0.1) is 0 Å². The highest BCUT2D eigenvalue weighted by atomic mass is 19.3. The van der Waals surface area contributed by atoms with Crippen molar-refractivity contribution in [2.24, 2.45) is 0 Å². The Balaban J connectivity index is 1.97. The Morgan fingerprint density at radius 2 is 2.21 bits per heavy atom. The van der Waals surface area contributed by atoms with Crippen LogP contribution in [0.15, 0.2) is 24.5 Å². The highest BCUT2D eigenvalue weighted by Gasteiger charge is 2.38. The fourth-order valence-corrected chi connectivity index (χ4v) is 2.39. The first kappa shape index (κ1) is 12.1. The second-order valence-electron chi connectivity index (χ2n) is 4.86. The van der Waals surface area contributed by atoms with Crippen molar-refractivity contribution in [2.75, 3.05) is 18.0 Å². The molecule has 2 aromatic heterocycles. The molecular weight excluding hydrogens is 252 g/mol. The van der Waals surface area contributed by atoms with Crippen LogP contribution in [0.5, 0.6) is 0 Å². The van der Waals surface area contributed by atoms with Gasteiger partial charge < -0.3 is 4.90 Å². The van der Waals surface area contributed by atoms with Crippen LogP contribution in [0.3, 0.4) is 0 Å². The Morgan fingerprint density at radius 1 is 1.42 bits per heavy atom. The van der Waals surface area contributed by atoms with Crippen molar-refractivity contribution in [1.29, 1.82) is 0 Å². The van der Waals surface area contributed by atoms with Crippen LogP contribution in [0.4, 0.5) is 14.5 Å². The summed E-state index contributed by atoms with van der Waals surface area (Å²) in [7, 11) is 0. The summed E-state index contributed by atoms with van der Waals surface area (Å²) in [5.41, 5.74) is 1.93. The molecule has 3 rings (SSSR count). The predicted octanol–water partition coefficient (Wildman–Crippen LogP) is 2.38. The minimum Gasteiger partial charge on any atom is -0.364 e. The molecule has 100 valence electrons. The molecule has 0 spiro atoms. The number of halogens is 2. The Kier molecular flexibility index (Phi) is 2.55. The first-order valence-corrected chi connectivity index (χ1v) is 6.07. The standard InChI is InChI=1S/C13H13F2N3O/c1-9(19)11-6-16-18-7-10(2-3-12(11)18)17-5-4-13(14,15)8-17/h2-3,6-7H,4-5,8H2,1H3. The van der Waals surface area contributed by atoms with Crippen molar-refractivity contribution in [1.82, 2.24) is 9.61 Å². The minimum atomic E-state index is -2.62. The first-order chi connectivity index (χ1) is 8.96. The van der Waals surface area contributed by atoms with Crippen molar-refractivity contribution < 1.29 is 13.6 Å². The number of carbonyl (C=O) groups is 1. The maximum Gasteiger partial charge on any atom is 0.266 e. The zero-order valence-corrected chi connectivity index (χ0v) is 10.4. The number of aromatic nitrogens is 2. The molecule has 4 nitrogen and oxygen atoms in total. The van der Waals surface area contributed by atoms with Gasteiger partial charge in [0.25, 0.3) is 5.92 Å². The van der Waals surface area contributed by atoms with E-state index in [-0.39, 0.29) is 18.7 Å². The number of ketones is 1. The van der Waals surface area contributed by atoms with E-state index in [1.807, 2.05) is 0 Å². The van der Waals surface area contributed by atoms with Crippen LogP contribution in [-0.4, -0.2) is 34.4 Å². The van der Waals surface area contributed by atoms with E-state index in [0.717, 1.165) is 0 Å². The second-order valence-corrected chi connectivity index (χ2v) is 4.86. The summed E-state index contributed by atoms with van der Waals surface area (Å²) >= 11 is 0. The molecule has 19 heavy (non-hydrogen) atoms. The molecular formula is C13H13F2N3O. The van der Waals surface area contributed by atoms with Crippen molar-refractivity contribution >= 4 is 17.0 Å². The topological polar surface area (TPSA) is 37.6 Å². The molecule has 0 saturated carbocycles. The van der Waals surface area contributed by atoms with Gasteiger partial charge in [-0.25, -0.2) is 13.3 Å². The molecule has 0 atom stereocenters. The minimum absolute atomic E-state index is 0.0598. The van der Waals surface area contributed by atoms with Gasteiger partial charge in [-0.1, -0.05) is 0 Å². The molecule has 1 aliphatic heterocycles. The highest BCUT2D eigenvalue weighted by molar-refractivity contribution is 6.00. The van der Waals surface area contributed by atoms with Crippen LogP contribution in [-0.2, 0) is 0 Å². The van der Waals surface area contributed by atoms with Crippen LogP contribution in [0.1, 0.15) is 23.7 Å². The molecule has 0 aliphatic carbocycles. The maximum atomic E-state index is 13.2. The molecule has 0 aromatic carbocycles. The zero-order chi connectivity index (χ0) is 13.6. The van der Waals surface area contributed by atoms with Crippen LogP contribution in [0.25, 0.3) is 5.52 Å². The molecule has 2 aromatic rings. The molecule has 0 N–H and O–H groups in total. The lowest BCUT2D eigenvalue weighted by Crippen LogP contribution is -2.25. The number of alkyl halides is 2. The van der Waals surface area contributed by atoms with Crippen molar-refractivity contribution in [3.8, 4) is 0 Å². The summed E-state index contributed by atoms with van der Waals surface area (Å²) in [5, 5.41) is 4.09. The smallest absolute Gasteiger partial charge is 0.266 e. The Bertz CT molecular complexity index is 650. The third kappa shape index (κ3) is 2.07. The Hall–Kier alpha value is -1.98. The van der Waals surface area contributed by atoms with Crippen molar-refractivity contribution in [3.05, 3.63) is 30.1 Å². The van der Waals surface area contributed by atoms with Crippen LogP contribution >= 0.6 is 0 Å². The monoisotopic (exact) mass is 265 g/mol. The summed E-state index contributed by atoms with van der Waals surface area (Å²) in [6, 6.07) is 3.50. The van der Waals surface area contributed by atoms with Gasteiger partial charge in [0, 0.05) is 13.0 Å². The van der Waals surface area contributed by atoms with Gasteiger partial charge in [-0.05, 0) is 19.1 Å². The average Bonchev–Trinajstić information content (AvgIpc) is 2.91. The highest BCUT2D eigenvalue weighted by Crippen LogP contribution is 2.31. The van der Waals surface area contributed by atoms with Gasteiger partial charge >= 0.3 is 0 Å². The number of hydrogen-bond acceptors (Lipinski definition) is 3. The summed E-state index contributed by atoms with van der Waals surface area (Å²) in [5.74, 6) is -2.68. The Morgan fingerprint density at radius 3 is 2.84 bits per heavy atom. The summed E-state index contributed by atoms with van der Waals surface area (Å²) < 4.78 is 27.9. The van der Waals surface area contributed by atoms with Gasteiger partial charge in [0.2, 0.25) is 0 Å². The molecule has 6 heteroatoms. The number of pyridine rings is 1. The van der Waals surface area contributed by atoms with E-state index in [4.69, 9.17) is 0 Å². The number of rotatable bonds is 2. The molecule has 3 heterocycles.